The summed E-state index contributed by atoms with van der Waals surface area (Å²) in [4.78, 5) is 11.8. The molecular weight excluding hydrogens is 342 g/mol. The topological polar surface area (TPSA) is 55.1 Å². The van der Waals surface area contributed by atoms with Crippen molar-refractivity contribution in [2.24, 2.45) is 5.73 Å². The van der Waals surface area contributed by atoms with Gasteiger partial charge >= 0.3 is 0 Å². The summed E-state index contributed by atoms with van der Waals surface area (Å²) in [5, 5.41) is 2.90. The minimum absolute atomic E-state index is 0.0145. The fourth-order valence-electron chi connectivity index (χ4n) is 1.98. The van der Waals surface area contributed by atoms with Crippen LogP contribution in [0.2, 0.25) is 0 Å². The van der Waals surface area contributed by atoms with Crippen molar-refractivity contribution in [2.75, 3.05) is 5.32 Å². The summed E-state index contributed by atoms with van der Waals surface area (Å²) >= 11 is 3.30. The van der Waals surface area contributed by atoms with E-state index in [2.05, 4.69) is 21.2 Å². The minimum Gasteiger partial charge on any atom is -0.368 e. The first kappa shape index (κ1) is 15.4. The number of nitrogens with two attached hydrogens (primary N) is 1. The second-order valence-electron chi connectivity index (χ2n) is 4.75. The molecule has 1 unspecified atom stereocenters. The number of nitrogens with one attached hydrogen (secondary N) is 1. The van der Waals surface area contributed by atoms with Gasteiger partial charge in [-0.2, -0.15) is 0 Å². The zero-order valence-electron chi connectivity index (χ0n) is 11.2. The van der Waals surface area contributed by atoms with Gasteiger partial charge in [0.15, 0.2) is 0 Å². The molecule has 0 aliphatic heterocycles. The normalized spacial score (nSPS) is 13.5. The zero-order valence-corrected chi connectivity index (χ0v) is 12.7. The van der Waals surface area contributed by atoms with Crippen molar-refractivity contribution >= 4 is 27.5 Å². The van der Waals surface area contributed by atoms with E-state index in [9.17, 15) is 13.6 Å². The third kappa shape index (κ3) is 3.21. The number of rotatable bonds is 4. The Morgan fingerprint density at radius 3 is 2.33 bits per heavy atom. The van der Waals surface area contributed by atoms with E-state index in [1.807, 2.05) is 0 Å². The summed E-state index contributed by atoms with van der Waals surface area (Å²) in [6.07, 6.45) is 0. The molecule has 1 atom stereocenters. The van der Waals surface area contributed by atoms with Crippen LogP contribution >= 0.6 is 15.9 Å². The number of hydrogen-bond acceptors (Lipinski definition) is 2. The van der Waals surface area contributed by atoms with Gasteiger partial charge in [0.05, 0.1) is 0 Å². The lowest BCUT2D eigenvalue weighted by Gasteiger charge is -2.29. The molecule has 0 saturated heterocycles. The van der Waals surface area contributed by atoms with Gasteiger partial charge in [-0.3, -0.25) is 4.79 Å². The lowest BCUT2D eigenvalue weighted by Crippen LogP contribution is -2.45. The van der Waals surface area contributed by atoms with Crippen LogP contribution < -0.4 is 11.1 Å². The number of carbonyl (C=O) groups excluding carboxylic acids is 1. The van der Waals surface area contributed by atoms with Gasteiger partial charge in [0.2, 0.25) is 5.91 Å². The number of carbonyl (C=O) groups is 1. The summed E-state index contributed by atoms with van der Waals surface area (Å²) < 4.78 is 27.9. The summed E-state index contributed by atoms with van der Waals surface area (Å²) in [6, 6.07) is 9.98. The van der Waals surface area contributed by atoms with Crippen LogP contribution in [-0.4, -0.2) is 5.91 Å². The third-order valence-electron chi connectivity index (χ3n) is 3.20. The molecule has 0 heterocycles. The van der Waals surface area contributed by atoms with Crippen LogP contribution in [0.1, 0.15) is 12.5 Å². The van der Waals surface area contributed by atoms with Gasteiger partial charge in [-0.25, -0.2) is 8.78 Å². The second kappa shape index (κ2) is 5.81. The Morgan fingerprint density at radius 2 is 1.81 bits per heavy atom. The molecule has 0 aromatic heterocycles. The summed E-state index contributed by atoms with van der Waals surface area (Å²) in [7, 11) is 0. The van der Waals surface area contributed by atoms with E-state index >= 15 is 0 Å². The standard InChI is InChI=1S/C15H13BrF2N2O/c1-15(14(19)21,12-7-4-10(17)8-13(12)18)20-11-5-2-9(16)3-6-11/h2-8,20H,1H3,(H2,19,21). The molecule has 3 nitrogen and oxygen atoms in total. The predicted molar refractivity (Wildman–Crippen MR) is 80.7 cm³/mol. The van der Waals surface area contributed by atoms with Crippen LogP contribution in [0.3, 0.4) is 0 Å². The Balaban J connectivity index is 2.45. The fourth-order valence-corrected chi connectivity index (χ4v) is 2.24. The number of hydrogen-bond donors (Lipinski definition) is 2. The van der Waals surface area contributed by atoms with Crippen molar-refractivity contribution < 1.29 is 13.6 Å². The van der Waals surface area contributed by atoms with E-state index in [0.29, 0.717) is 5.69 Å². The Kier molecular flexibility index (Phi) is 4.27. The molecule has 3 N–H and O–H groups in total. The molecule has 0 radical (unpaired) electrons. The first-order chi connectivity index (χ1) is 9.83. The second-order valence-corrected chi connectivity index (χ2v) is 5.66. The number of primary amides is 1. The number of anilines is 1. The largest absolute Gasteiger partial charge is 0.368 e. The quantitative estimate of drug-likeness (QED) is 0.882. The molecule has 0 saturated carbocycles. The van der Waals surface area contributed by atoms with Crippen molar-refractivity contribution in [3.8, 4) is 0 Å². The molecule has 2 aromatic carbocycles. The maximum Gasteiger partial charge on any atom is 0.247 e. The zero-order chi connectivity index (χ0) is 15.6. The van der Waals surface area contributed by atoms with E-state index in [1.54, 1.807) is 24.3 Å². The van der Waals surface area contributed by atoms with Crippen molar-refractivity contribution in [3.63, 3.8) is 0 Å². The number of amides is 1. The van der Waals surface area contributed by atoms with Gasteiger partial charge in [0, 0.05) is 21.8 Å². The summed E-state index contributed by atoms with van der Waals surface area (Å²) in [5.74, 6) is -2.32. The average molecular weight is 355 g/mol. The maximum atomic E-state index is 14.0. The molecule has 0 fully saturated rings. The Labute approximate surface area is 129 Å². The van der Waals surface area contributed by atoms with Crippen LogP contribution in [-0.2, 0) is 10.3 Å². The van der Waals surface area contributed by atoms with Crippen LogP contribution in [0.25, 0.3) is 0 Å². The highest BCUT2D eigenvalue weighted by atomic mass is 79.9. The Bertz CT molecular complexity index is 676. The van der Waals surface area contributed by atoms with E-state index in [4.69, 9.17) is 5.73 Å². The highest BCUT2D eigenvalue weighted by molar-refractivity contribution is 9.10. The van der Waals surface area contributed by atoms with Gasteiger partial charge < -0.3 is 11.1 Å². The van der Waals surface area contributed by atoms with Crippen LogP contribution in [0.15, 0.2) is 46.9 Å². The first-order valence-corrected chi connectivity index (χ1v) is 6.91. The SMILES string of the molecule is CC(Nc1ccc(Br)cc1)(C(N)=O)c1ccc(F)cc1F. The van der Waals surface area contributed by atoms with Gasteiger partial charge in [0.25, 0.3) is 0 Å². The van der Waals surface area contributed by atoms with Crippen molar-refractivity contribution in [2.45, 2.75) is 12.5 Å². The number of halogens is 3. The van der Waals surface area contributed by atoms with E-state index in [1.165, 1.54) is 13.0 Å². The molecular formula is C15H13BrF2N2O. The highest BCUT2D eigenvalue weighted by Crippen LogP contribution is 2.29. The Hall–Kier alpha value is -1.95. The molecule has 21 heavy (non-hydrogen) atoms. The summed E-state index contributed by atoms with van der Waals surface area (Å²) in [5.41, 5.74) is 4.49. The molecule has 2 aromatic rings. The van der Waals surface area contributed by atoms with Crippen LogP contribution in [0.5, 0.6) is 0 Å². The maximum absolute atomic E-state index is 14.0. The number of benzene rings is 2. The lowest BCUT2D eigenvalue weighted by molar-refractivity contribution is -0.122. The molecule has 6 heteroatoms. The third-order valence-corrected chi connectivity index (χ3v) is 3.73. The average Bonchev–Trinajstić information content (AvgIpc) is 2.41. The van der Waals surface area contributed by atoms with E-state index < -0.39 is 23.1 Å². The lowest BCUT2D eigenvalue weighted by atomic mass is 9.90. The minimum atomic E-state index is -1.49. The van der Waals surface area contributed by atoms with Crippen molar-refractivity contribution in [1.29, 1.82) is 0 Å². The van der Waals surface area contributed by atoms with Gasteiger partial charge in [-0.15, -0.1) is 0 Å². The molecule has 0 spiro atoms. The molecule has 2 rings (SSSR count). The van der Waals surface area contributed by atoms with Gasteiger partial charge in [-0.05, 0) is 37.3 Å². The monoisotopic (exact) mass is 354 g/mol. The van der Waals surface area contributed by atoms with Crippen molar-refractivity contribution in [1.82, 2.24) is 0 Å². The first-order valence-electron chi connectivity index (χ1n) is 6.12. The van der Waals surface area contributed by atoms with Crippen LogP contribution in [0.4, 0.5) is 14.5 Å². The van der Waals surface area contributed by atoms with Gasteiger partial charge in [-0.1, -0.05) is 22.0 Å². The summed E-state index contributed by atoms with van der Waals surface area (Å²) in [6.45, 7) is 1.45. The predicted octanol–water partition coefficient (Wildman–Crippen LogP) is 3.54. The molecule has 0 aliphatic rings. The van der Waals surface area contributed by atoms with E-state index in [0.717, 1.165) is 16.6 Å². The molecule has 1 amide bonds. The fraction of sp³-hybridized carbons (Fsp3) is 0.133. The Morgan fingerprint density at radius 1 is 1.19 bits per heavy atom. The smallest absolute Gasteiger partial charge is 0.247 e. The van der Waals surface area contributed by atoms with E-state index in [-0.39, 0.29) is 5.56 Å². The molecule has 0 aliphatic carbocycles. The van der Waals surface area contributed by atoms with Crippen LogP contribution in [0, 0.1) is 11.6 Å². The molecule has 0 bridgehead atoms. The molecule has 110 valence electrons. The van der Waals surface area contributed by atoms with Gasteiger partial charge in [0.1, 0.15) is 17.2 Å². The van der Waals surface area contributed by atoms with Crippen molar-refractivity contribution in [3.05, 3.63) is 64.1 Å². The highest BCUT2D eigenvalue weighted by Gasteiger charge is 2.35.